The number of methoxy groups -OCH3 is 1. The maximum atomic E-state index is 6.31. The number of fused-ring (bicyclic) bond motifs is 1. The largest absolute Gasteiger partial charge is 0.502 e. The van der Waals surface area contributed by atoms with Crippen molar-refractivity contribution in [3.05, 3.63) is 0 Å². The van der Waals surface area contributed by atoms with Gasteiger partial charge in [0.15, 0.2) is 0 Å². The Morgan fingerprint density at radius 1 is 1.05 bits per heavy atom. The van der Waals surface area contributed by atoms with Crippen molar-refractivity contribution in [2.24, 2.45) is 5.92 Å². The molecule has 130 valence electrons. The van der Waals surface area contributed by atoms with E-state index in [0.29, 0.717) is 37.4 Å². The van der Waals surface area contributed by atoms with Gasteiger partial charge in [0.1, 0.15) is 0 Å². The first-order chi connectivity index (χ1) is 10.5. The summed E-state index contributed by atoms with van der Waals surface area (Å²) in [6.45, 7) is 1.19. The quantitative estimate of drug-likeness (QED) is 0.318. The lowest BCUT2D eigenvalue weighted by Gasteiger charge is -2.42. The van der Waals surface area contributed by atoms with E-state index in [2.05, 4.69) is 0 Å². The van der Waals surface area contributed by atoms with E-state index in [1.807, 2.05) is 0 Å². The van der Waals surface area contributed by atoms with Gasteiger partial charge in [-0.2, -0.15) is 0 Å². The van der Waals surface area contributed by atoms with Gasteiger partial charge in [0.05, 0.1) is 30.6 Å². The fourth-order valence-corrected chi connectivity index (χ4v) is 7.74. The maximum Gasteiger partial charge on any atom is 0.502 e. The van der Waals surface area contributed by atoms with Crippen molar-refractivity contribution >= 4 is 19.0 Å². The average molecular weight is 351 g/mol. The standard InChI is InChI=1S/C14H30O6Si2/c1-15-7-8-19-14(21,10-22(16-2,17-3)18-4)11-5-6-12-13(9-11)20-12/h11-13H,5-10H2,1-4,21H3. The Morgan fingerprint density at radius 2 is 1.73 bits per heavy atom. The average Bonchev–Trinajstić information content (AvgIpc) is 3.32. The third-order valence-corrected chi connectivity index (χ3v) is 10.3. The SMILES string of the molecule is COCCOC([SiH3])(C[Si](OC)(OC)OC)C1CCC2OC2C1. The van der Waals surface area contributed by atoms with E-state index < -0.39 is 8.80 Å². The zero-order valence-corrected chi connectivity index (χ0v) is 17.4. The first-order valence-corrected chi connectivity index (χ1v) is 10.9. The second-order valence-electron chi connectivity index (χ2n) is 6.35. The third-order valence-electron chi connectivity index (χ3n) is 5.09. The van der Waals surface area contributed by atoms with Gasteiger partial charge in [-0.25, -0.2) is 0 Å². The highest BCUT2D eigenvalue weighted by atomic mass is 28.4. The molecule has 1 saturated carbocycles. The molecule has 2 fully saturated rings. The summed E-state index contributed by atoms with van der Waals surface area (Å²) in [7, 11) is 4.90. The van der Waals surface area contributed by atoms with Gasteiger partial charge in [-0.1, -0.05) is 0 Å². The summed E-state index contributed by atoms with van der Waals surface area (Å²) >= 11 is 0. The number of rotatable bonds is 10. The van der Waals surface area contributed by atoms with Gasteiger partial charge in [0, 0.05) is 44.7 Å². The molecule has 2 rings (SSSR count). The lowest BCUT2D eigenvalue weighted by molar-refractivity contribution is -0.0496. The molecular formula is C14H30O6Si2. The van der Waals surface area contributed by atoms with E-state index in [9.17, 15) is 0 Å². The molecule has 0 aromatic carbocycles. The lowest BCUT2D eigenvalue weighted by Crippen LogP contribution is -2.55. The van der Waals surface area contributed by atoms with Crippen LogP contribution in [0.2, 0.25) is 6.04 Å². The molecule has 4 unspecified atom stereocenters. The van der Waals surface area contributed by atoms with Gasteiger partial charge < -0.3 is 27.5 Å². The van der Waals surface area contributed by atoms with Crippen LogP contribution in [0.1, 0.15) is 19.3 Å². The molecule has 6 nitrogen and oxygen atoms in total. The summed E-state index contributed by atoms with van der Waals surface area (Å²) in [4.78, 5) is 0. The van der Waals surface area contributed by atoms with Crippen LogP contribution in [0.3, 0.4) is 0 Å². The van der Waals surface area contributed by atoms with Gasteiger partial charge in [0.2, 0.25) is 0 Å². The van der Waals surface area contributed by atoms with Crippen LogP contribution in [0.15, 0.2) is 0 Å². The van der Waals surface area contributed by atoms with Gasteiger partial charge in [-0.05, 0) is 25.2 Å². The Balaban J connectivity index is 2.08. The molecule has 22 heavy (non-hydrogen) atoms. The molecule has 1 heterocycles. The minimum atomic E-state index is -2.68. The smallest absolute Gasteiger partial charge is 0.382 e. The fraction of sp³-hybridized carbons (Fsp3) is 1.00. The van der Waals surface area contributed by atoms with Gasteiger partial charge >= 0.3 is 8.80 Å². The first-order valence-electron chi connectivity index (χ1n) is 7.96. The zero-order valence-electron chi connectivity index (χ0n) is 14.4. The topological polar surface area (TPSA) is 58.7 Å². The normalized spacial score (nSPS) is 30.8. The fourth-order valence-electron chi connectivity index (χ4n) is 3.53. The van der Waals surface area contributed by atoms with Crippen LogP contribution in [-0.2, 0) is 27.5 Å². The van der Waals surface area contributed by atoms with E-state index in [-0.39, 0.29) is 5.22 Å². The van der Waals surface area contributed by atoms with Crippen molar-refractivity contribution in [2.75, 3.05) is 41.7 Å². The molecule has 1 aliphatic heterocycles. The molecule has 0 radical (unpaired) electrons. The van der Waals surface area contributed by atoms with Gasteiger partial charge in [-0.3, -0.25) is 0 Å². The van der Waals surface area contributed by atoms with E-state index in [0.717, 1.165) is 29.5 Å². The number of hydrogen-bond acceptors (Lipinski definition) is 6. The highest BCUT2D eigenvalue weighted by molar-refractivity contribution is 6.61. The van der Waals surface area contributed by atoms with Crippen molar-refractivity contribution in [1.82, 2.24) is 0 Å². The van der Waals surface area contributed by atoms with Crippen LogP contribution in [0, 0.1) is 5.92 Å². The molecule has 8 heteroatoms. The minimum Gasteiger partial charge on any atom is -0.382 e. The van der Waals surface area contributed by atoms with E-state index in [4.69, 9.17) is 27.5 Å². The van der Waals surface area contributed by atoms with Crippen LogP contribution in [0.5, 0.6) is 0 Å². The van der Waals surface area contributed by atoms with Crippen molar-refractivity contribution in [1.29, 1.82) is 0 Å². The highest BCUT2D eigenvalue weighted by Gasteiger charge is 2.54. The summed E-state index contributed by atoms with van der Waals surface area (Å²) < 4.78 is 34.1. The van der Waals surface area contributed by atoms with Crippen molar-refractivity contribution < 1.29 is 27.5 Å². The summed E-state index contributed by atoms with van der Waals surface area (Å²) in [5, 5.41) is -0.219. The predicted octanol–water partition coefficient (Wildman–Crippen LogP) is 0.157. The Kier molecular flexibility index (Phi) is 6.61. The molecule has 0 spiro atoms. The molecule has 4 atom stereocenters. The number of ether oxygens (including phenoxy) is 3. The van der Waals surface area contributed by atoms with Crippen LogP contribution < -0.4 is 0 Å². The Bertz CT molecular complexity index is 346. The molecule has 0 aromatic rings. The molecule has 0 N–H and O–H groups in total. The first kappa shape index (κ1) is 18.5. The Hall–Kier alpha value is 0.194. The second kappa shape index (κ2) is 7.84. The van der Waals surface area contributed by atoms with E-state index in [1.165, 1.54) is 0 Å². The monoisotopic (exact) mass is 350 g/mol. The maximum absolute atomic E-state index is 6.31. The van der Waals surface area contributed by atoms with Gasteiger partial charge in [-0.15, -0.1) is 0 Å². The van der Waals surface area contributed by atoms with Crippen LogP contribution in [0.4, 0.5) is 0 Å². The molecule has 1 aliphatic carbocycles. The van der Waals surface area contributed by atoms with Crippen LogP contribution >= 0.6 is 0 Å². The third kappa shape index (κ3) is 4.18. The van der Waals surface area contributed by atoms with E-state index in [1.54, 1.807) is 28.4 Å². The molecule has 1 saturated heterocycles. The van der Waals surface area contributed by atoms with Crippen molar-refractivity contribution in [3.63, 3.8) is 0 Å². The second-order valence-corrected chi connectivity index (χ2v) is 11.0. The molecular weight excluding hydrogens is 320 g/mol. The highest BCUT2D eigenvalue weighted by Crippen LogP contribution is 2.45. The number of hydrogen-bond donors (Lipinski definition) is 0. The number of epoxide rings is 1. The van der Waals surface area contributed by atoms with Crippen molar-refractivity contribution in [3.8, 4) is 0 Å². The Morgan fingerprint density at radius 3 is 2.27 bits per heavy atom. The predicted molar refractivity (Wildman–Crippen MR) is 88.1 cm³/mol. The molecule has 0 bridgehead atoms. The summed E-state index contributed by atoms with van der Waals surface area (Å²) in [6, 6.07) is 0.696. The summed E-state index contributed by atoms with van der Waals surface area (Å²) in [6.07, 6.45) is 4.27. The summed E-state index contributed by atoms with van der Waals surface area (Å²) in [5.74, 6) is 0.479. The van der Waals surface area contributed by atoms with Crippen molar-refractivity contribution in [2.45, 2.75) is 42.7 Å². The lowest BCUT2D eigenvalue weighted by atomic mass is 9.85. The zero-order chi connectivity index (χ0) is 16.2. The molecule has 0 amide bonds. The minimum absolute atomic E-state index is 0.219. The van der Waals surface area contributed by atoms with Gasteiger partial charge in [0.25, 0.3) is 0 Å². The summed E-state index contributed by atoms with van der Waals surface area (Å²) in [5.41, 5.74) is 0. The molecule has 0 aromatic heterocycles. The van der Waals surface area contributed by atoms with Crippen LogP contribution in [0.25, 0.3) is 0 Å². The molecule has 2 aliphatic rings. The Labute approximate surface area is 137 Å². The van der Waals surface area contributed by atoms with E-state index >= 15 is 0 Å². The van der Waals surface area contributed by atoms with Crippen LogP contribution in [-0.4, -0.2) is 78.1 Å².